The number of piperidine rings is 1. The fraction of sp³-hybridized carbons (Fsp3) is 0.350. The first-order valence-corrected chi connectivity index (χ1v) is 10.5. The molecule has 0 spiro atoms. The number of thiophene rings is 1. The van der Waals surface area contributed by atoms with Crippen molar-refractivity contribution in [3.8, 4) is 10.7 Å². The molecule has 0 aliphatic carbocycles. The Bertz CT molecular complexity index is 1040. The topological polar surface area (TPSA) is 114 Å². The normalized spacial score (nSPS) is 15.2. The van der Waals surface area contributed by atoms with Gasteiger partial charge in [-0.25, -0.2) is 0 Å². The minimum Gasteiger partial charge on any atom is -0.338 e. The van der Waals surface area contributed by atoms with Crippen LogP contribution in [0.5, 0.6) is 0 Å². The highest BCUT2D eigenvalue weighted by atomic mass is 32.1. The van der Waals surface area contributed by atoms with Gasteiger partial charge in [0.25, 0.3) is 5.69 Å². The Morgan fingerprint density at radius 3 is 2.83 bits per heavy atom. The Kier molecular flexibility index (Phi) is 5.86. The molecule has 1 aliphatic rings. The average Bonchev–Trinajstić information content (AvgIpc) is 3.42. The molecule has 0 atom stereocenters. The summed E-state index contributed by atoms with van der Waals surface area (Å²) in [5.74, 6) is 0.926. The summed E-state index contributed by atoms with van der Waals surface area (Å²) in [5.41, 5.74) is 0.957. The lowest BCUT2D eigenvalue weighted by Crippen LogP contribution is -2.37. The van der Waals surface area contributed by atoms with Gasteiger partial charge in [0.05, 0.1) is 27.6 Å². The maximum absolute atomic E-state index is 12.7. The number of benzene rings is 1. The number of likely N-dealkylation sites (tertiary alicyclic amines) is 1. The van der Waals surface area contributed by atoms with Crippen molar-refractivity contribution < 1.29 is 14.2 Å². The first-order valence-electron chi connectivity index (χ1n) is 9.65. The molecule has 0 bridgehead atoms. The highest BCUT2D eigenvalue weighted by molar-refractivity contribution is 7.13. The molecule has 2 aromatic heterocycles. The van der Waals surface area contributed by atoms with Crippen LogP contribution in [-0.2, 0) is 11.3 Å². The number of amides is 1. The van der Waals surface area contributed by atoms with E-state index in [1.807, 2.05) is 17.5 Å². The monoisotopic (exact) mass is 427 g/mol. The smallest absolute Gasteiger partial charge is 0.274 e. The van der Waals surface area contributed by atoms with Gasteiger partial charge in [-0.15, -0.1) is 11.3 Å². The molecule has 0 unspecified atom stereocenters. The van der Waals surface area contributed by atoms with Gasteiger partial charge in [0.15, 0.2) is 0 Å². The second-order valence-electron chi connectivity index (χ2n) is 7.24. The fourth-order valence-corrected chi connectivity index (χ4v) is 4.21. The van der Waals surface area contributed by atoms with E-state index in [1.165, 1.54) is 6.07 Å². The van der Waals surface area contributed by atoms with Crippen LogP contribution in [0.15, 0.2) is 40.2 Å². The number of hydrogen-bond acceptors (Lipinski definition) is 8. The summed E-state index contributed by atoms with van der Waals surface area (Å²) < 4.78 is 5.36. The molecule has 1 amide bonds. The Morgan fingerprint density at radius 2 is 2.13 bits per heavy atom. The zero-order valence-corrected chi connectivity index (χ0v) is 17.2. The third-order valence-electron chi connectivity index (χ3n) is 5.29. The molecule has 1 fully saturated rings. The van der Waals surface area contributed by atoms with Crippen LogP contribution < -0.4 is 5.32 Å². The fourth-order valence-electron chi connectivity index (χ4n) is 3.56. The van der Waals surface area contributed by atoms with Gasteiger partial charge in [-0.2, -0.15) is 4.98 Å². The van der Waals surface area contributed by atoms with E-state index >= 15 is 0 Å². The zero-order valence-electron chi connectivity index (χ0n) is 16.4. The van der Waals surface area contributed by atoms with Crippen LogP contribution in [0.4, 0.5) is 11.4 Å². The van der Waals surface area contributed by atoms with Crippen LogP contribution >= 0.6 is 11.3 Å². The lowest BCUT2D eigenvalue weighted by molar-refractivity contribution is -0.385. The molecule has 0 radical (unpaired) electrons. The van der Waals surface area contributed by atoms with E-state index in [4.69, 9.17) is 4.52 Å². The number of aromatic nitrogens is 2. The SMILES string of the molecule is Cc1c(NC(=O)C2CCN(Cc3nc(-c4cccs4)no3)CC2)cccc1[N+](=O)[O-]. The Morgan fingerprint density at radius 1 is 1.33 bits per heavy atom. The van der Waals surface area contributed by atoms with Crippen molar-refractivity contribution in [3.63, 3.8) is 0 Å². The number of hydrogen-bond donors (Lipinski definition) is 1. The summed E-state index contributed by atoms with van der Waals surface area (Å²) in [5, 5.41) is 19.9. The number of nitrogens with zero attached hydrogens (tertiary/aromatic N) is 4. The third-order valence-corrected chi connectivity index (χ3v) is 6.15. The van der Waals surface area contributed by atoms with Crippen LogP contribution in [0.1, 0.15) is 24.3 Å². The summed E-state index contributed by atoms with van der Waals surface area (Å²) in [6.07, 6.45) is 1.40. The second kappa shape index (κ2) is 8.72. The second-order valence-corrected chi connectivity index (χ2v) is 8.18. The van der Waals surface area contributed by atoms with Crippen LogP contribution in [0, 0.1) is 23.0 Å². The average molecular weight is 427 g/mol. The number of carbonyl (C=O) groups is 1. The molecule has 1 aliphatic heterocycles. The molecule has 9 nitrogen and oxygen atoms in total. The maximum atomic E-state index is 12.7. The number of nitrogens with one attached hydrogen (secondary N) is 1. The predicted octanol–water partition coefficient (Wildman–Crippen LogP) is 3.87. The van der Waals surface area contributed by atoms with Gasteiger partial charge in [0.1, 0.15) is 0 Å². The number of rotatable bonds is 6. The minimum absolute atomic E-state index is 0.00379. The van der Waals surface area contributed by atoms with E-state index in [9.17, 15) is 14.9 Å². The third kappa shape index (κ3) is 4.39. The molecule has 30 heavy (non-hydrogen) atoms. The number of carbonyl (C=O) groups excluding carboxylic acids is 1. The highest BCUT2D eigenvalue weighted by Crippen LogP contribution is 2.27. The van der Waals surface area contributed by atoms with Gasteiger partial charge in [0, 0.05) is 12.0 Å². The van der Waals surface area contributed by atoms with E-state index < -0.39 is 4.92 Å². The highest BCUT2D eigenvalue weighted by Gasteiger charge is 2.27. The van der Waals surface area contributed by atoms with Crippen LogP contribution in [0.25, 0.3) is 10.7 Å². The van der Waals surface area contributed by atoms with E-state index in [-0.39, 0.29) is 17.5 Å². The summed E-state index contributed by atoms with van der Waals surface area (Å²) in [4.78, 5) is 30.9. The predicted molar refractivity (Wildman–Crippen MR) is 112 cm³/mol. The standard InChI is InChI=1S/C20H21N5O4S/c1-13-15(4-2-5-16(13)25(27)28)21-20(26)14-7-9-24(10-8-14)12-18-22-19(23-29-18)17-6-3-11-30-17/h2-6,11,14H,7-10,12H2,1H3,(H,21,26). The van der Waals surface area contributed by atoms with Gasteiger partial charge in [-0.05, 0) is 50.4 Å². The molecule has 3 aromatic rings. The van der Waals surface area contributed by atoms with Gasteiger partial charge in [-0.3, -0.25) is 19.8 Å². The molecule has 0 saturated carbocycles. The molecular formula is C20H21N5O4S. The molecule has 3 heterocycles. The van der Waals surface area contributed by atoms with Gasteiger partial charge in [0.2, 0.25) is 17.6 Å². The zero-order chi connectivity index (χ0) is 21.1. The summed E-state index contributed by atoms with van der Waals surface area (Å²) in [6.45, 7) is 3.67. The van der Waals surface area contributed by atoms with Crippen molar-refractivity contribution >= 4 is 28.6 Å². The first kappa shape index (κ1) is 20.2. The summed E-state index contributed by atoms with van der Waals surface area (Å²) in [6, 6.07) is 8.60. The largest absolute Gasteiger partial charge is 0.338 e. The van der Waals surface area contributed by atoms with Crippen molar-refractivity contribution in [2.45, 2.75) is 26.3 Å². The lowest BCUT2D eigenvalue weighted by Gasteiger charge is -2.30. The van der Waals surface area contributed by atoms with Crippen molar-refractivity contribution in [1.82, 2.24) is 15.0 Å². The maximum Gasteiger partial charge on any atom is 0.274 e. The van der Waals surface area contributed by atoms with Gasteiger partial charge in [-0.1, -0.05) is 17.3 Å². The van der Waals surface area contributed by atoms with Gasteiger partial charge >= 0.3 is 0 Å². The first-order chi connectivity index (χ1) is 14.5. The van der Waals surface area contributed by atoms with Crippen LogP contribution in [0.3, 0.4) is 0 Å². The van der Waals surface area contributed by atoms with Crippen LogP contribution in [0.2, 0.25) is 0 Å². The van der Waals surface area contributed by atoms with E-state index in [0.29, 0.717) is 42.4 Å². The number of anilines is 1. The van der Waals surface area contributed by atoms with Crippen molar-refractivity contribution in [1.29, 1.82) is 0 Å². The molecular weight excluding hydrogens is 406 g/mol. The molecule has 1 saturated heterocycles. The van der Waals surface area contributed by atoms with Crippen molar-refractivity contribution in [3.05, 3.63) is 57.3 Å². The number of nitro benzene ring substituents is 1. The minimum atomic E-state index is -0.440. The van der Waals surface area contributed by atoms with E-state index in [2.05, 4.69) is 20.4 Å². The van der Waals surface area contributed by atoms with Crippen molar-refractivity contribution in [2.75, 3.05) is 18.4 Å². The Balaban J connectivity index is 1.31. The Hall–Kier alpha value is -3.11. The Labute approximate surface area is 176 Å². The molecule has 1 aromatic carbocycles. The summed E-state index contributed by atoms with van der Waals surface area (Å²) in [7, 11) is 0. The quantitative estimate of drug-likeness (QED) is 0.469. The molecule has 156 valence electrons. The van der Waals surface area contributed by atoms with Gasteiger partial charge < -0.3 is 9.84 Å². The molecule has 1 N–H and O–H groups in total. The summed E-state index contributed by atoms with van der Waals surface area (Å²) >= 11 is 1.56. The van der Waals surface area contributed by atoms with Crippen molar-refractivity contribution in [2.24, 2.45) is 5.92 Å². The lowest BCUT2D eigenvalue weighted by atomic mass is 9.95. The molecule has 10 heteroatoms. The van der Waals surface area contributed by atoms with E-state index in [0.717, 1.165) is 18.0 Å². The van der Waals surface area contributed by atoms with E-state index in [1.54, 1.807) is 30.4 Å². The molecule has 4 rings (SSSR count). The number of nitro groups is 1. The van der Waals surface area contributed by atoms with Crippen LogP contribution in [-0.4, -0.2) is 39.0 Å².